The van der Waals surface area contributed by atoms with Gasteiger partial charge in [0.15, 0.2) is 0 Å². The molecule has 0 radical (unpaired) electrons. The minimum absolute atomic E-state index is 0.0660. The zero-order chi connectivity index (χ0) is 19.7. The molecule has 0 spiro atoms. The molecule has 0 unspecified atom stereocenters. The third-order valence-electron chi connectivity index (χ3n) is 5.06. The highest BCUT2D eigenvalue weighted by molar-refractivity contribution is 6.31. The first kappa shape index (κ1) is 19.5. The number of nitrogens with one attached hydrogen (secondary N) is 3. The van der Waals surface area contributed by atoms with Crippen LogP contribution in [0, 0.1) is 12.8 Å². The van der Waals surface area contributed by atoms with Gasteiger partial charge in [0.25, 0.3) is 0 Å². The lowest BCUT2D eigenvalue weighted by Gasteiger charge is -2.35. The number of halogens is 1. The second-order valence-electron chi connectivity index (χ2n) is 7.64. The van der Waals surface area contributed by atoms with E-state index in [0.29, 0.717) is 36.0 Å². The van der Waals surface area contributed by atoms with E-state index in [1.54, 1.807) is 23.1 Å². The number of benzene rings is 1. The third kappa shape index (κ3) is 4.18. The topological polar surface area (TPSA) is 90.5 Å². The first-order chi connectivity index (χ1) is 12.8. The van der Waals surface area contributed by atoms with Gasteiger partial charge in [-0.25, -0.2) is 4.79 Å². The summed E-state index contributed by atoms with van der Waals surface area (Å²) in [6, 6.07) is 3.64. The fraction of sp³-hybridized carbons (Fsp3) is 0.526. The van der Waals surface area contributed by atoms with Crippen molar-refractivity contribution in [3.63, 3.8) is 0 Å². The SMILES string of the molecule is Cc1c(Cl)cccc1NC(=O)N[C@H]1C[C@H]2C(=O)N[C@H](CC(C)C)C(=O)N2C1. The minimum Gasteiger partial charge on any atom is -0.342 e. The number of carbonyl (C=O) groups excluding carboxylic acids is 3. The molecule has 7 nitrogen and oxygen atoms in total. The maximum Gasteiger partial charge on any atom is 0.319 e. The maximum atomic E-state index is 12.7. The van der Waals surface area contributed by atoms with Gasteiger partial charge in [-0.05, 0) is 43.4 Å². The van der Waals surface area contributed by atoms with Crippen molar-refractivity contribution in [1.29, 1.82) is 0 Å². The molecule has 2 fully saturated rings. The summed E-state index contributed by atoms with van der Waals surface area (Å²) in [7, 11) is 0. The van der Waals surface area contributed by atoms with Crippen LogP contribution in [-0.4, -0.2) is 47.4 Å². The van der Waals surface area contributed by atoms with Crippen LogP contribution in [0.4, 0.5) is 10.5 Å². The summed E-state index contributed by atoms with van der Waals surface area (Å²) in [5.41, 5.74) is 1.41. The predicted octanol–water partition coefficient (Wildman–Crippen LogP) is 2.28. The van der Waals surface area contributed by atoms with E-state index >= 15 is 0 Å². The number of piperazine rings is 1. The van der Waals surface area contributed by atoms with Crippen LogP contribution in [0.25, 0.3) is 0 Å². The van der Waals surface area contributed by atoms with E-state index in [2.05, 4.69) is 16.0 Å². The third-order valence-corrected chi connectivity index (χ3v) is 5.47. The average Bonchev–Trinajstić information content (AvgIpc) is 3.00. The molecule has 3 N–H and O–H groups in total. The van der Waals surface area contributed by atoms with Gasteiger partial charge in [0, 0.05) is 17.3 Å². The number of amides is 4. The standard InChI is InChI=1S/C19H25ClN4O3/c1-10(2)7-15-18(26)24-9-12(8-16(24)17(25)22-15)21-19(27)23-14-6-4-5-13(20)11(14)3/h4-6,10,12,15-16H,7-9H2,1-3H3,(H,22,25)(H2,21,23,27)/t12-,15+,16-/m0/s1. The van der Waals surface area contributed by atoms with Gasteiger partial charge in [-0.2, -0.15) is 0 Å². The molecule has 0 bridgehead atoms. The fourth-order valence-electron chi connectivity index (χ4n) is 3.68. The smallest absolute Gasteiger partial charge is 0.319 e. The van der Waals surface area contributed by atoms with Crippen LogP contribution in [0.5, 0.6) is 0 Å². The van der Waals surface area contributed by atoms with E-state index < -0.39 is 12.1 Å². The van der Waals surface area contributed by atoms with Crippen LogP contribution in [0.1, 0.15) is 32.3 Å². The summed E-state index contributed by atoms with van der Waals surface area (Å²) in [6.45, 7) is 6.20. The van der Waals surface area contributed by atoms with Crippen molar-refractivity contribution >= 4 is 35.1 Å². The Bertz CT molecular complexity index is 767. The summed E-state index contributed by atoms with van der Waals surface area (Å²) in [4.78, 5) is 39.0. The maximum absolute atomic E-state index is 12.7. The van der Waals surface area contributed by atoms with E-state index in [9.17, 15) is 14.4 Å². The van der Waals surface area contributed by atoms with Gasteiger partial charge in [0.2, 0.25) is 11.8 Å². The minimum atomic E-state index is -0.515. The summed E-state index contributed by atoms with van der Waals surface area (Å²) >= 11 is 6.07. The van der Waals surface area contributed by atoms with Crippen molar-refractivity contribution in [1.82, 2.24) is 15.5 Å². The van der Waals surface area contributed by atoms with Crippen LogP contribution in [0.2, 0.25) is 5.02 Å². The molecule has 2 aliphatic heterocycles. The molecule has 27 heavy (non-hydrogen) atoms. The zero-order valence-electron chi connectivity index (χ0n) is 15.7. The lowest BCUT2D eigenvalue weighted by atomic mass is 9.99. The molecular formula is C19H25ClN4O3. The highest BCUT2D eigenvalue weighted by atomic mass is 35.5. The van der Waals surface area contributed by atoms with Gasteiger partial charge >= 0.3 is 6.03 Å². The second kappa shape index (κ2) is 7.76. The van der Waals surface area contributed by atoms with Crippen LogP contribution in [0.15, 0.2) is 18.2 Å². The lowest BCUT2D eigenvalue weighted by molar-refractivity contribution is -0.147. The molecular weight excluding hydrogens is 368 g/mol. The average molecular weight is 393 g/mol. The van der Waals surface area contributed by atoms with Crippen LogP contribution < -0.4 is 16.0 Å². The number of fused-ring (bicyclic) bond motifs is 1. The number of hydrogen-bond acceptors (Lipinski definition) is 3. The Morgan fingerprint density at radius 3 is 2.81 bits per heavy atom. The van der Waals surface area contributed by atoms with Gasteiger partial charge in [0.1, 0.15) is 12.1 Å². The number of anilines is 1. The number of nitrogens with zero attached hydrogens (tertiary/aromatic N) is 1. The molecule has 3 atom stereocenters. The van der Waals surface area contributed by atoms with Crippen LogP contribution in [0.3, 0.4) is 0 Å². The Hall–Kier alpha value is -2.28. The summed E-state index contributed by atoms with van der Waals surface area (Å²) in [6.07, 6.45) is 1.02. The Labute approximate surface area is 163 Å². The van der Waals surface area contributed by atoms with Gasteiger partial charge in [-0.1, -0.05) is 31.5 Å². The number of urea groups is 1. The Morgan fingerprint density at radius 2 is 2.11 bits per heavy atom. The van der Waals surface area contributed by atoms with E-state index in [1.165, 1.54) is 0 Å². The first-order valence-electron chi connectivity index (χ1n) is 9.19. The molecule has 2 saturated heterocycles. The van der Waals surface area contributed by atoms with Gasteiger partial charge in [-0.15, -0.1) is 0 Å². The first-order valence-corrected chi connectivity index (χ1v) is 9.57. The molecule has 2 aliphatic rings. The van der Waals surface area contributed by atoms with E-state index in [4.69, 9.17) is 11.6 Å². The normalized spacial score (nSPS) is 24.6. The Morgan fingerprint density at radius 1 is 1.37 bits per heavy atom. The van der Waals surface area contributed by atoms with Crippen molar-refractivity contribution in [2.75, 3.05) is 11.9 Å². The molecule has 2 heterocycles. The second-order valence-corrected chi connectivity index (χ2v) is 8.05. The highest BCUT2D eigenvalue weighted by Crippen LogP contribution is 2.26. The van der Waals surface area contributed by atoms with Gasteiger partial charge < -0.3 is 20.9 Å². The van der Waals surface area contributed by atoms with Crippen molar-refractivity contribution in [2.45, 2.75) is 51.7 Å². The molecule has 146 valence electrons. The lowest BCUT2D eigenvalue weighted by Crippen LogP contribution is -2.61. The van der Waals surface area contributed by atoms with Crippen LogP contribution >= 0.6 is 11.6 Å². The summed E-state index contributed by atoms with van der Waals surface area (Å²) < 4.78 is 0. The van der Waals surface area contributed by atoms with Crippen molar-refractivity contribution < 1.29 is 14.4 Å². The largest absolute Gasteiger partial charge is 0.342 e. The van der Waals surface area contributed by atoms with Crippen LogP contribution in [-0.2, 0) is 9.59 Å². The highest BCUT2D eigenvalue weighted by Gasteiger charge is 2.46. The molecule has 0 aromatic heterocycles. The molecule has 0 aliphatic carbocycles. The van der Waals surface area contributed by atoms with E-state index in [1.807, 2.05) is 20.8 Å². The zero-order valence-corrected chi connectivity index (χ0v) is 16.5. The molecule has 3 rings (SSSR count). The van der Waals surface area contributed by atoms with Crippen molar-refractivity contribution in [2.24, 2.45) is 5.92 Å². The quantitative estimate of drug-likeness (QED) is 0.734. The number of carbonyl (C=O) groups is 3. The molecule has 4 amide bonds. The van der Waals surface area contributed by atoms with Gasteiger partial charge in [0.05, 0.1) is 6.04 Å². The predicted molar refractivity (Wildman–Crippen MR) is 104 cm³/mol. The van der Waals surface area contributed by atoms with E-state index in [-0.39, 0.29) is 23.9 Å². The molecule has 1 aromatic carbocycles. The molecule has 1 aromatic rings. The van der Waals surface area contributed by atoms with Gasteiger partial charge in [-0.3, -0.25) is 9.59 Å². The number of rotatable bonds is 4. The van der Waals surface area contributed by atoms with Crippen molar-refractivity contribution in [3.8, 4) is 0 Å². The van der Waals surface area contributed by atoms with E-state index in [0.717, 1.165) is 5.56 Å². The Balaban J connectivity index is 1.62. The summed E-state index contributed by atoms with van der Waals surface area (Å²) in [5.74, 6) is 0.0957. The monoisotopic (exact) mass is 392 g/mol. The fourth-order valence-corrected chi connectivity index (χ4v) is 3.85. The summed E-state index contributed by atoms with van der Waals surface area (Å²) in [5, 5.41) is 9.03. The molecule has 0 saturated carbocycles. The Kier molecular flexibility index (Phi) is 5.60. The van der Waals surface area contributed by atoms with Crippen molar-refractivity contribution in [3.05, 3.63) is 28.8 Å². The molecule has 8 heteroatoms. The number of hydrogen-bond donors (Lipinski definition) is 3.